The van der Waals surface area contributed by atoms with E-state index in [0.29, 0.717) is 34.6 Å². The first-order valence-electron chi connectivity index (χ1n) is 12.7. The van der Waals surface area contributed by atoms with Crippen molar-refractivity contribution in [2.75, 3.05) is 19.6 Å². The maximum absolute atomic E-state index is 11.4. The molecule has 3 N–H and O–H groups in total. The fourth-order valence-electron chi connectivity index (χ4n) is 8.40. The van der Waals surface area contributed by atoms with Gasteiger partial charge in [-0.2, -0.15) is 0 Å². The number of hydrogen-bond acceptors (Lipinski definition) is 3. The second-order valence-corrected chi connectivity index (χ2v) is 11.3. The average molecular weight is 403 g/mol. The topological polar surface area (TPSA) is 44.3 Å². The highest BCUT2D eigenvalue weighted by atomic mass is 16.3. The Labute approximate surface area is 179 Å². The second-order valence-electron chi connectivity index (χ2n) is 11.3. The summed E-state index contributed by atoms with van der Waals surface area (Å²) in [5, 5.41) is 18.7. The van der Waals surface area contributed by atoms with Crippen LogP contribution in [-0.4, -0.2) is 36.9 Å². The standard InChI is InChI=1S/C26H46N2O/c1-5-13-27-14-15-28-20-9-11-26(4)19(16-20)17-23(29)24-21-8-7-18(6-2)25(21,3)12-10-22(24)26/h6,19-24,27-29H,5,7-17H2,1-4H3/b18-6-/t19?,20?,21?,22?,23-,24?,25+,26-/m0/s1. The van der Waals surface area contributed by atoms with E-state index < -0.39 is 0 Å². The first kappa shape index (κ1) is 21.8. The minimum absolute atomic E-state index is 0.0797. The highest BCUT2D eigenvalue weighted by molar-refractivity contribution is 5.24. The van der Waals surface area contributed by atoms with Gasteiger partial charge < -0.3 is 15.7 Å². The third-order valence-corrected chi connectivity index (χ3v) is 10.0. The first-order chi connectivity index (χ1) is 13.9. The molecule has 0 aromatic heterocycles. The van der Waals surface area contributed by atoms with Crippen LogP contribution in [0, 0.1) is 34.5 Å². The Hall–Kier alpha value is -0.380. The summed E-state index contributed by atoms with van der Waals surface area (Å²) in [4.78, 5) is 0. The van der Waals surface area contributed by atoms with Gasteiger partial charge in [-0.15, -0.1) is 0 Å². The van der Waals surface area contributed by atoms with Crippen LogP contribution in [0.25, 0.3) is 0 Å². The Kier molecular flexibility index (Phi) is 6.50. The predicted octanol–water partition coefficient (Wildman–Crippen LogP) is 4.90. The van der Waals surface area contributed by atoms with E-state index in [4.69, 9.17) is 0 Å². The zero-order chi connectivity index (χ0) is 20.6. The Morgan fingerprint density at radius 2 is 1.86 bits per heavy atom. The Morgan fingerprint density at radius 1 is 1.03 bits per heavy atom. The number of hydrogen-bond donors (Lipinski definition) is 3. The van der Waals surface area contributed by atoms with Crippen molar-refractivity contribution in [2.45, 2.75) is 97.6 Å². The molecule has 0 heterocycles. The maximum atomic E-state index is 11.4. The quantitative estimate of drug-likeness (QED) is 0.437. The van der Waals surface area contributed by atoms with Crippen molar-refractivity contribution in [3.05, 3.63) is 11.6 Å². The van der Waals surface area contributed by atoms with Gasteiger partial charge in [0.25, 0.3) is 0 Å². The second kappa shape index (κ2) is 8.63. The van der Waals surface area contributed by atoms with E-state index in [9.17, 15) is 5.11 Å². The molecule has 0 aliphatic heterocycles. The lowest BCUT2D eigenvalue weighted by atomic mass is 9.44. The van der Waals surface area contributed by atoms with E-state index in [2.05, 4.69) is 44.4 Å². The van der Waals surface area contributed by atoms with E-state index in [0.717, 1.165) is 32.0 Å². The van der Waals surface area contributed by atoms with Crippen molar-refractivity contribution in [3.8, 4) is 0 Å². The number of fused-ring (bicyclic) bond motifs is 5. The molecule has 0 aromatic rings. The van der Waals surface area contributed by atoms with Gasteiger partial charge in [-0.3, -0.25) is 0 Å². The predicted molar refractivity (Wildman–Crippen MR) is 122 cm³/mol. The normalized spacial score (nSPS) is 48.2. The Bertz CT molecular complexity index is 604. The molecule has 0 aromatic carbocycles. The molecule has 8 atom stereocenters. The molecule has 29 heavy (non-hydrogen) atoms. The van der Waals surface area contributed by atoms with Crippen LogP contribution in [0.5, 0.6) is 0 Å². The molecule has 3 heteroatoms. The molecule has 4 saturated carbocycles. The summed E-state index contributed by atoms with van der Waals surface area (Å²) in [5.74, 6) is 2.68. The lowest BCUT2D eigenvalue weighted by Gasteiger charge is -2.62. The van der Waals surface area contributed by atoms with Crippen LogP contribution in [0.2, 0.25) is 0 Å². The van der Waals surface area contributed by atoms with Gasteiger partial charge in [0.05, 0.1) is 6.10 Å². The van der Waals surface area contributed by atoms with Crippen LogP contribution >= 0.6 is 0 Å². The van der Waals surface area contributed by atoms with Gasteiger partial charge in [0.2, 0.25) is 0 Å². The Balaban J connectivity index is 1.43. The summed E-state index contributed by atoms with van der Waals surface area (Å²) in [5.41, 5.74) is 2.50. The number of nitrogens with one attached hydrogen (secondary N) is 2. The van der Waals surface area contributed by atoms with Crippen molar-refractivity contribution < 1.29 is 5.11 Å². The molecule has 166 valence electrons. The molecular weight excluding hydrogens is 356 g/mol. The van der Waals surface area contributed by atoms with Crippen molar-refractivity contribution in [3.63, 3.8) is 0 Å². The average Bonchev–Trinajstić information content (AvgIpc) is 3.05. The first-order valence-corrected chi connectivity index (χ1v) is 12.7. The third-order valence-electron chi connectivity index (χ3n) is 10.0. The molecule has 4 aliphatic rings. The van der Waals surface area contributed by atoms with Crippen LogP contribution in [0.4, 0.5) is 0 Å². The lowest BCUT2D eigenvalue weighted by molar-refractivity contribution is -0.156. The van der Waals surface area contributed by atoms with Gasteiger partial charge in [-0.25, -0.2) is 0 Å². The fraction of sp³-hybridized carbons (Fsp3) is 0.923. The molecule has 4 aliphatic carbocycles. The zero-order valence-electron chi connectivity index (χ0n) is 19.5. The minimum Gasteiger partial charge on any atom is -0.393 e. The number of allylic oxidation sites excluding steroid dienone is 2. The molecule has 0 amide bonds. The van der Waals surface area contributed by atoms with Gasteiger partial charge in [0.15, 0.2) is 0 Å². The molecular formula is C26H46N2O. The molecule has 4 fully saturated rings. The summed E-state index contributed by atoms with van der Waals surface area (Å²) >= 11 is 0. The molecule has 4 rings (SSSR count). The van der Waals surface area contributed by atoms with Crippen LogP contribution in [0.15, 0.2) is 11.6 Å². The summed E-state index contributed by atoms with van der Waals surface area (Å²) in [6.45, 7) is 12.9. The van der Waals surface area contributed by atoms with Crippen molar-refractivity contribution >= 4 is 0 Å². The summed E-state index contributed by atoms with van der Waals surface area (Å²) in [7, 11) is 0. The largest absolute Gasteiger partial charge is 0.393 e. The summed E-state index contributed by atoms with van der Waals surface area (Å²) in [6.07, 6.45) is 13.8. The number of aliphatic hydroxyl groups excluding tert-OH is 1. The number of rotatable bonds is 6. The number of aliphatic hydroxyl groups is 1. The van der Waals surface area contributed by atoms with Crippen molar-refractivity contribution in [1.29, 1.82) is 0 Å². The minimum atomic E-state index is -0.0797. The maximum Gasteiger partial charge on any atom is 0.0577 e. The zero-order valence-corrected chi connectivity index (χ0v) is 19.5. The van der Waals surface area contributed by atoms with Crippen LogP contribution in [0.1, 0.15) is 85.5 Å². The third kappa shape index (κ3) is 3.74. The lowest BCUT2D eigenvalue weighted by Crippen LogP contribution is -2.59. The highest BCUT2D eigenvalue weighted by Crippen LogP contribution is 2.67. The van der Waals surface area contributed by atoms with Gasteiger partial charge >= 0.3 is 0 Å². The van der Waals surface area contributed by atoms with Gasteiger partial charge in [0.1, 0.15) is 0 Å². The van der Waals surface area contributed by atoms with Gasteiger partial charge in [-0.05, 0) is 106 Å². The molecule has 5 unspecified atom stereocenters. The van der Waals surface area contributed by atoms with Gasteiger partial charge in [-0.1, -0.05) is 32.4 Å². The van der Waals surface area contributed by atoms with E-state index >= 15 is 0 Å². The smallest absolute Gasteiger partial charge is 0.0577 e. The van der Waals surface area contributed by atoms with Crippen molar-refractivity contribution in [1.82, 2.24) is 10.6 Å². The SMILES string of the molecule is C/C=C1/CCC2C3C(CC[C@]12C)[C@@]1(C)CCC(NCCNCCC)CC1C[C@@H]3O. The fourth-order valence-corrected chi connectivity index (χ4v) is 8.40. The molecule has 0 radical (unpaired) electrons. The molecule has 0 saturated heterocycles. The van der Waals surface area contributed by atoms with E-state index in [1.807, 2.05) is 0 Å². The highest BCUT2D eigenvalue weighted by Gasteiger charge is 2.61. The monoisotopic (exact) mass is 402 g/mol. The summed E-state index contributed by atoms with van der Waals surface area (Å²) < 4.78 is 0. The van der Waals surface area contributed by atoms with E-state index in [1.54, 1.807) is 5.57 Å². The molecule has 0 spiro atoms. The van der Waals surface area contributed by atoms with Crippen molar-refractivity contribution in [2.24, 2.45) is 34.5 Å². The van der Waals surface area contributed by atoms with Crippen LogP contribution in [0.3, 0.4) is 0 Å². The summed E-state index contributed by atoms with van der Waals surface area (Å²) in [6, 6.07) is 0.648. The Morgan fingerprint density at radius 3 is 2.62 bits per heavy atom. The van der Waals surface area contributed by atoms with E-state index in [1.165, 1.54) is 51.4 Å². The molecule has 3 nitrogen and oxygen atoms in total. The van der Waals surface area contributed by atoms with Gasteiger partial charge in [0, 0.05) is 19.1 Å². The van der Waals surface area contributed by atoms with Crippen LogP contribution < -0.4 is 10.6 Å². The molecule has 0 bridgehead atoms. The van der Waals surface area contributed by atoms with E-state index in [-0.39, 0.29) is 6.10 Å². The van der Waals surface area contributed by atoms with Crippen LogP contribution in [-0.2, 0) is 0 Å².